The molecule has 0 aromatic rings. The van der Waals surface area contributed by atoms with Gasteiger partial charge in [-0.15, -0.1) is 0 Å². The number of carbonyl (C=O) groups excluding carboxylic acids is 2. The first-order valence-electron chi connectivity index (χ1n) is 8.96. The van der Waals surface area contributed by atoms with E-state index < -0.39 is 0 Å². The fraction of sp³-hybridized carbons (Fsp3) is 0.882. The van der Waals surface area contributed by atoms with Crippen molar-refractivity contribution in [3.05, 3.63) is 0 Å². The van der Waals surface area contributed by atoms with Crippen molar-refractivity contribution in [2.24, 2.45) is 29.4 Å². The quantitative estimate of drug-likeness (QED) is 0.822. The molecule has 4 atom stereocenters. The molecule has 2 N–H and O–H groups in total. The molecule has 5 nitrogen and oxygen atoms in total. The fourth-order valence-corrected chi connectivity index (χ4v) is 4.71. The maximum atomic E-state index is 12.8. The summed E-state index contributed by atoms with van der Waals surface area (Å²) in [7, 11) is 0. The first kappa shape index (κ1) is 14.5. The molecule has 4 aliphatic rings. The van der Waals surface area contributed by atoms with Gasteiger partial charge in [0.2, 0.25) is 11.8 Å². The van der Waals surface area contributed by atoms with E-state index in [0.717, 1.165) is 51.7 Å². The van der Waals surface area contributed by atoms with Crippen molar-refractivity contribution in [2.45, 2.75) is 44.6 Å². The van der Waals surface area contributed by atoms with Crippen LogP contribution in [0.25, 0.3) is 0 Å². The SMILES string of the molecule is NC1CCC2CN(C(=O)C3CCCN(C(=O)C4CC4)C3)CC12. The van der Waals surface area contributed by atoms with Gasteiger partial charge in [0.1, 0.15) is 0 Å². The number of amides is 2. The second-order valence-electron chi connectivity index (χ2n) is 7.81. The maximum absolute atomic E-state index is 12.8. The van der Waals surface area contributed by atoms with Crippen LogP contribution in [0, 0.1) is 23.7 Å². The predicted molar refractivity (Wildman–Crippen MR) is 82.8 cm³/mol. The van der Waals surface area contributed by atoms with Crippen molar-refractivity contribution in [3.8, 4) is 0 Å². The minimum atomic E-state index is 0.0199. The molecule has 4 rings (SSSR count). The van der Waals surface area contributed by atoms with Gasteiger partial charge in [-0.3, -0.25) is 9.59 Å². The summed E-state index contributed by atoms with van der Waals surface area (Å²) >= 11 is 0. The van der Waals surface area contributed by atoms with Crippen molar-refractivity contribution in [1.29, 1.82) is 0 Å². The second kappa shape index (κ2) is 5.52. The predicted octanol–water partition coefficient (Wildman–Crippen LogP) is 0.831. The second-order valence-corrected chi connectivity index (χ2v) is 7.81. The summed E-state index contributed by atoms with van der Waals surface area (Å²) in [5, 5.41) is 0. The Morgan fingerprint density at radius 2 is 1.59 bits per heavy atom. The van der Waals surface area contributed by atoms with Crippen LogP contribution in [0.5, 0.6) is 0 Å². The van der Waals surface area contributed by atoms with Crippen molar-refractivity contribution in [1.82, 2.24) is 9.80 Å². The molecule has 2 amide bonds. The third kappa shape index (κ3) is 2.53. The van der Waals surface area contributed by atoms with Gasteiger partial charge < -0.3 is 15.5 Å². The van der Waals surface area contributed by atoms with Gasteiger partial charge >= 0.3 is 0 Å². The van der Waals surface area contributed by atoms with E-state index in [1.807, 2.05) is 9.80 Å². The van der Waals surface area contributed by atoms with Gasteiger partial charge in [0, 0.05) is 38.1 Å². The summed E-state index contributed by atoms with van der Waals surface area (Å²) < 4.78 is 0. The summed E-state index contributed by atoms with van der Waals surface area (Å²) in [4.78, 5) is 29.1. The van der Waals surface area contributed by atoms with Gasteiger partial charge in [0.15, 0.2) is 0 Å². The molecule has 2 heterocycles. The Bertz CT molecular complexity index is 477. The number of rotatable bonds is 2. The van der Waals surface area contributed by atoms with E-state index in [1.165, 1.54) is 6.42 Å². The molecule has 0 aromatic carbocycles. The van der Waals surface area contributed by atoms with Crippen molar-refractivity contribution in [3.63, 3.8) is 0 Å². The van der Waals surface area contributed by atoms with Crippen LogP contribution >= 0.6 is 0 Å². The highest BCUT2D eigenvalue weighted by molar-refractivity contribution is 5.83. The summed E-state index contributed by atoms with van der Waals surface area (Å²) in [5.74, 6) is 1.97. The fourth-order valence-electron chi connectivity index (χ4n) is 4.71. The largest absolute Gasteiger partial charge is 0.342 e. The van der Waals surface area contributed by atoms with Crippen LogP contribution in [-0.4, -0.2) is 53.8 Å². The molecule has 0 aromatic heterocycles. The lowest BCUT2D eigenvalue weighted by Gasteiger charge is -2.34. The molecule has 2 aliphatic heterocycles. The molecule has 2 saturated heterocycles. The lowest BCUT2D eigenvalue weighted by Crippen LogP contribution is -2.47. The Balaban J connectivity index is 1.37. The average molecular weight is 305 g/mol. The molecular formula is C17H27N3O2. The van der Waals surface area contributed by atoms with E-state index in [1.54, 1.807) is 0 Å². The maximum Gasteiger partial charge on any atom is 0.227 e. The molecule has 4 unspecified atom stereocenters. The van der Waals surface area contributed by atoms with Crippen molar-refractivity contribution >= 4 is 11.8 Å². The zero-order valence-electron chi connectivity index (χ0n) is 13.2. The van der Waals surface area contributed by atoms with Gasteiger partial charge in [0.25, 0.3) is 0 Å². The number of piperidine rings is 1. The Kier molecular flexibility index (Phi) is 3.63. The number of carbonyl (C=O) groups is 2. The molecule has 0 radical (unpaired) electrons. The van der Waals surface area contributed by atoms with Gasteiger partial charge in [0.05, 0.1) is 5.92 Å². The minimum absolute atomic E-state index is 0.0199. The first-order chi connectivity index (χ1) is 10.6. The van der Waals surface area contributed by atoms with Crippen molar-refractivity contribution in [2.75, 3.05) is 26.2 Å². The molecule has 2 saturated carbocycles. The highest BCUT2D eigenvalue weighted by Crippen LogP contribution is 2.38. The minimum Gasteiger partial charge on any atom is -0.342 e. The first-order valence-corrected chi connectivity index (χ1v) is 8.96. The number of hydrogen-bond donors (Lipinski definition) is 1. The monoisotopic (exact) mass is 305 g/mol. The van der Waals surface area contributed by atoms with Gasteiger partial charge in [-0.25, -0.2) is 0 Å². The molecule has 2 aliphatic carbocycles. The molecular weight excluding hydrogens is 278 g/mol. The van der Waals surface area contributed by atoms with Gasteiger partial charge in [-0.2, -0.15) is 0 Å². The molecule has 0 spiro atoms. The normalized spacial score (nSPS) is 38.2. The van der Waals surface area contributed by atoms with E-state index >= 15 is 0 Å². The average Bonchev–Trinajstić information content (AvgIpc) is 3.21. The lowest BCUT2D eigenvalue weighted by atomic mass is 9.96. The Labute approximate surface area is 132 Å². The highest BCUT2D eigenvalue weighted by Gasteiger charge is 2.44. The van der Waals surface area contributed by atoms with Crippen LogP contribution in [0.3, 0.4) is 0 Å². The third-order valence-electron chi connectivity index (χ3n) is 6.23. The molecule has 22 heavy (non-hydrogen) atoms. The zero-order chi connectivity index (χ0) is 15.3. The zero-order valence-corrected chi connectivity index (χ0v) is 13.2. The number of nitrogens with zero attached hydrogens (tertiary/aromatic N) is 2. The van der Waals surface area contributed by atoms with Crippen LogP contribution in [-0.2, 0) is 9.59 Å². The van der Waals surface area contributed by atoms with Crippen LogP contribution in [0.4, 0.5) is 0 Å². The lowest BCUT2D eigenvalue weighted by molar-refractivity contribution is -0.141. The van der Waals surface area contributed by atoms with Crippen molar-refractivity contribution < 1.29 is 9.59 Å². The molecule has 122 valence electrons. The number of hydrogen-bond acceptors (Lipinski definition) is 3. The third-order valence-corrected chi connectivity index (χ3v) is 6.23. The van der Waals surface area contributed by atoms with E-state index in [9.17, 15) is 9.59 Å². The number of fused-ring (bicyclic) bond motifs is 1. The van der Waals surface area contributed by atoms with Gasteiger partial charge in [-0.05, 0) is 50.4 Å². The van der Waals surface area contributed by atoms with Crippen LogP contribution in [0.1, 0.15) is 38.5 Å². The van der Waals surface area contributed by atoms with Crippen LogP contribution in [0.15, 0.2) is 0 Å². The van der Waals surface area contributed by atoms with E-state index in [0.29, 0.717) is 18.4 Å². The summed E-state index contributed by atoms with van der Waals surface area (Å²) in [5.41, 5.74) is 6.17. The van der Waals surface area contributed by atoms with Gasteiger partial charge in [-0.1, -0.05) is 0 Å². The van der Waals surface area contributed by atoms with E-state index in [4.69, 9.17) is 5.73 Å². The number of likely N-dealkylation sites (tertiary alicyclic amines) is 2. The summed E-state index contributed by atoms with van der Waals surface area (Å²) in [6.07, 6.45) is 6.28. The van der Waals surface area contributed by atoms with Crippen LogP contribution in [0.2, 0.25) is 0 Å². The number of nitrogens with two attached hydrogens (primary N) is 1. The molecule has 0 bridgehead atoms. The smallest absolute Gasteiger partial charge is 0.227 e. The Morgan fingerprint density at radius 1 is 0.818 bits per heavy atom. The molecule has 4 fully saturated rings. The standard InChI is InChI=1S/C17H27N3O2/c18-15-6-5-12-8-20(10-14(12)15)17(22)13-2-1-7-19(9-13)16(21)11-3-4-11/h11-15H,1-10,18H2. The summed E-state index contributed by atoms with van der Waals surface area (Å²) in [6.45, 7) is 3.23. The molecule has 5 heteroatoms. The van der Waals surface area contributed by atoms with E-state index in [2.05, 4.69) is 0 Å². The Morgan fingerprint density at radius 3 is 2.32 bits per heavy atom. The summed E-state index contributed by atoms with van der Waals surface area (Å²) in [6, 6.07) is 0.280. The highest BCUT2D eigenvalue weighted by atomic mass is 16.2. The van der Waals surface area contributed by atoms with E-state index in [-0.39, 0.29) is 29.7 Å². The Hall–Kier alpha value is -1.10. The topological polar surface area (TPSA) is 66.6 Å². The van der Waals surface area contributed by atoms with Crippen LogP contribution < -0.4 is 5.73 Å².